The average molecular weight is 333 g/mol. The van der Waals surface area contributed by atoms with Crippen LogP contribution in [0.3, 0.4) is 0 Å². The van der Waals surface area contributed by atoms with Crippen LogP contribution in [-0.2, 0) is 0 Å². The molecule has 1 aromatic heterocycles. The Hall–Kier alpha value is -0.940. The summed E-state index contributed by atoms with van der Waals surface area (Å²) in [6.45, 7) is 2.36. The quantitative estimate of drug-likeness (QED) is 0.873. The largest absolute Gasteiger partial charge is 0.495 e. The topological polar surface area (TPSA) is 38.7 Å². The van der Waals surface area contributed by atoms with Crippen LogP contribution in [0.1, 0.15) is 23.5 Å². The first-order chi connectivity index (χ1) is 9.58. The zero-order valence-electron chi connectivity index (χ0n) is 11.0. The molecule has 1 heterocycles. The summed E-state index contributed by atoms with van der Waals surface area (Å²) in [6, 6.07) is 5.04. The summed E-state index contributed by atoms with van der Waals surface area (Å²) < 4.78 is 10.6. The molecular weight excluding hydrogens is 319 g/mol. The van der Waals surface area contributed by atoms with E-state index in [1.54, 1.807) is 25.3 Å². The van der Waals surface area contributed by atoms with Crippen LogP contribution in [0.15, 0.2) is 23.6 Å². The second-order valence-corrected chi connectivity index (χ2v) is 5.76. The Morgan fingerprint density at radius 1 is 1.25 bits per heavy atom. The van der Waals surface area contributed by atoms with Crippen LogP contribution in [0.5, 0.6) is 11.5 Å². The number of benzene rings is 1. The minimum Gasteiger partial charge on any atom is -0.495 e. The summed E-state index contributed by atoms with van der Waals surface area (Å²) in [6.07, 6.45) is -0.884. The molecule has 2 aromatic rings. The molecule has 0 aliphatic rings. The number of halogens is 2. The summed E-state index contributed by atoms with van der Waals surface area (Å²) in [7, 11) is 1.56. The molecule has 0 amide bonds. The van der Waals surface area contributed by atoms with Gasteiger partial charge in [0.25, 0.3) is 0 Å². The molecule has 3 nitrogen and oxygen atoms in total. The molecule has 6 heteroatoms. The first-order valence-electron chi connectivity index (χ1n) is 5.99. The SMILES string of the molecule is CCOc1cc(Cl)c(C(O)c2sccc2OC)cc1Cl. The summed E-state index contributed by atoms with van der Waals surface area (Å²) >= 11 is 13.7. The van der Waals surface area contributed by atoms with Gasteiger partial charge in [-0.15, -0.1) is 11.3 Å². The van der Waals surface area contributed by atoms with E-state index in [0.717, 1.165) is 0 Å². The number of ether oxygens (including phenoxy) is 2. The van der Waals surface area contributed by atoms with E-state index >= 15 is 0 Å². The van der Waals surface area contributed by atoms with Crippen LogP contribution in [0, 0.1) is 0 Å². The van der Waals surface area contributed by atoms with Crippen LogP contribution in [0.25, 0.3) is 0 Å². The van der Waals surface area contributed by atoms with Gasteiger partial charge >= 0.3 is 0 Å². The molecule has 1 unspecified atom stereocenters. The number of methoxy groups -OCH3 is 1. The lowest BCUT2D eigenvalue weighted by molar-refractivity contribution is 0.219. The molecule has 0 aliphatic heterocycles. The lowest BCUT2D eigenvalue weighted by Gasteiger charge is -2.15. The van der Waals surface area contributed by atoms with Crippen molar-refractivity contribution in [1.82, 2.24) is 0 Å². The van der Waals surface area contributed by atoms with Gasteiger partial charge < -0.3 is 14.6 Å². The Kier molecular flexibility index (Phi) is 5.16. The molecule has 2 rings (SSSR count). The maximum absolute atomic E-state index is 10.5. The van der Waals surface area contributed by atoms with Crippen molar-refractivity contribution in [1.29, 1.82) is 0 Å². The van der Waals surface area contributed by atoms with Gasteiger partial charge in [-0.05, 0) is 24.4 Å². The van der Waals surface area contributed by atoms with Crippen LogP contribution in [-0.4, -0.2) is 18.8 Å². The van der Waals surface area contributed by atoms with Gasteiger partial charge in [0.1, 0.15) is 17.6 Å². The number of hydrogen-bond donors (Lipinski definition) is 1. The second kappa shape index (κ2) is 6.68. The average Bonchev–Trinajstić information content (AvgIpc) is 2.90. The number of thiophene rings is 1. The van der Waals surface area contributed by atoms with Gasteiger partial charge in [-0.2, -0.15) is 0 Å². The molecule has 0 bridgehead atoms. The zero-order valence-corrected chi connectivity index (χ0v) is 13.4. The molecule has 108 valence electrons. The molecule has 1 aromatic carbocycles. The highest BCUT2D eigenvalue weighted by Gasteiger charge is 2.21. The Morgan fingerprint density at radius 2 is 2.00 bits per heavy atom. The van der Waals surface area contributed by atoms with E-state index in [0.29, 0.717) is 38.6 Å². The van der Waals surface area contributed by atoms with E-state index in [1.807, 2.05) is 12.3 Å². The van der Waals surface area contributed by atoms with Crippen molar-refractivity contribution in [3.63, 3.8) is 0 Å². The monoisotopic (exact) mass is 332 g/mol. The molecule has 0 aliphatic carbocycles. The third kappa shape index (κ3) is 3.04. The fourth-order valence-corrected chi connectivity index (χ4v) is 3.18. The standard InChI is InChI=1S/C14H14Cl2O3S/c1-3-19-12-7-9(15)8(6-10(12)16)13(17)14-11(18-2)4-5-20-14/h4-7,13,17H,3H2,1-2H3. The lowest BCUT2D eigenvalue weighted by atomic mass is 10.1. The molecule has 0 saturated heterocycles. The second-order valence-electron chi connectivity index (χ2n) is 3.99. The summed E-state index contributed by atoms with van der Waals surface area (Å²) in [4.78, 5) is 0.689. The van der Waals surface area contributed by atoms with Gasteiger partial charge in [-0.3, -0.25) is 0 Å². The third-order valence-electron chi connectivity index (χ3n) is 2.77. The van der Waals surface area contributed by atoms with Crippen LogP contribution in [0.2, 0.25) is 10.0 Å². The lowest BCUT2D eigenvalue weighted by Crippen LogP contribution is -2.01. The van der Waals surface area contributed by atoms with Crippen molar-refractivity contribution in [3.05, 3.63) is 44.1 Å². The van der Waals surface area contributed by atoms with Gasteiger partial charge in [0, 0.05) is 11.6 Å². The zero-order chi connectivity index (χ0) is 14.7. The van der Waals surface area contributed by atoms with Gasteiger partial charge in [-0.1, -0.05) is 23.2 Å². The molecule has 1 atom stereocenters. The minimum absolute atomic E-state index is 0.404. The highest BCUT2D eigenvalue weighted by atomic mass is 35.5. The van der Waals surface area contributed by atoms with E-state index in [4.69, 9.17) is 32.7 Å². The Bertz CT molecular complexity index is 598. The first-order valence-corrected chi connectivity index (χ1v) is 7.63. The summed E-state index contributed by atoms with van der Waals surface area (Å²) in [5.74, 6) is 1.14. The normalized spacial score (nSPS) is 12.2. The summed E-state index contributed by atoms with van der Waals surface area (Å²) in [5.41, 5.74) is 0.529. The maximum Gasteiger partial charge on any atom is 0.139 e. The molecule has 1 N–H and O–H groups in total. The van der Waals surface area contributed by atoms with Crippen molar-refractivity contribution >= 4 is 34.5 Å². The third-order valence-corrected chi connectivity index (χ3v) is 4.34. The van der Waals surface area contributed by atoms with E-state index in [9.17, 15) is 5.11 Å². The van der Waals surface area contributed by atoms with Crippen molar-refractivity contribution in [2.75, 3.05) is 13.7 Å². The Morgan fingerprint density at radius 3 is 2.65 bits per heavy atom. The molecular formula is C14H14Cl2O3S. The van der Waals surface area contributed by atoms with Gasteiger partial charge in [-0.25, -0.2) is 0 Å². The predicted molar refractivity (Wildman–Crippen MR) is 82.6 cm³/mol. The van der Waals surface area contributed by atoms with E-state index in [2.05, 4.69) is 0 Å². The Balaban J connectivity index is 2.40. The molecule has 0 radical (unpaired) electrons. The molecule has 0 spiro atoms. The summed E-state index contributed by atoms with van der Waals surface area (Å²) in [5, 5.41) is 13.1. The van der Waals surface area contributed by atoms with Crippen molar-refractivity contribution < 1.29 is 14.6 Å². The minimum atomic E-state index is -0.884. The van der Waals surface area contributed by atoms with Crippen LogP contribution < -0.4 is 9.47 Å². The van der Waals surface area contributed by atoms with Crippen molar-refractivity contribution in [2.45, 2.75) is 13.0 Å². The van der Waals surface area contributed by atoms with Gasteiger partial charge in [0.2, 0.25) is 0 Å². The number of hydrogen-bond acceptors (Lipinski definition) is 4. The molecule has 0 saturated carbocycles. The molecule has 20 heavy (non-hydrogen) atoms. The fourth-order valence-electron chi connectivity index (χ4n) is 1.84. The predicted octanol–water partition coefficient (Wildman–Crippen LogP) is 4.54. The molecule has 0 fully saturated rings. The van der Waals surface area contributed by atoms with Gasteiger partial charge in [0.15, 0.2) is 0 Å². The number of aliphatic hydroxyl groups excluding tert-OH is 1. The highest BCUT2D eigenvalue weighted by Crippen LogP contribution is 2.40. The van der Waals surface area contributed by atoms with E-state index in [-0.39, 0.29) is 0 Å². The number of aliphatic hydroxyl groups is 1. The van der Waals surface area contributed by atoms with Crippen molar-refractivity contribution in [2.24, 2.45) is 0 Å². The maximum atomic E-state index is 10.5. The van der Waals surface area contributed by atoms with Crippen molar-refractivity contribution in [3.8, 4) is 11.5 Å². The van der Waals surface area contributed by atoms with Gasteiger partial charge in [0.05, 0.1) is 28.6 Å². The van der Waals surface area contributed by atoms with E-state index < -0.39 is 6.10 Å². The highest BCUT2D eigenvalue weighted by molar-refractivity contribution is 7.10. The smallest absolute Gasteiger partial charge is 0.139 e. The fraction of sp³-hybridized carbons (Fsp3) is 0.286. The van der Waals surface area contributed by atoms with Crippen LogP contribution in [0.4, 0.5) is 0 Å². The Labute approximate surface area is 131 Å². The van der Waals surface area contributed by atoms with Crippen LogP contribution >= 0.6 is 34.5 Å². The number of rotatable bonds is 5. The first kappa shape index (κ1) is 15.4. The van der Waals surface area contributed by atoms with E-state index in [1.165, 1.54) is 11.3 Å².